The van der Waals surface area contributed by atoms with Gasteiger partial charge in [0.2, 0.25) is 5.91 Å². The lowest BCUT2D eigenvalue weighted by atomic mass is 9.81. The molecule has 1 aliphatic heterocycles. The molecular weight excluding hydrogens is 276 g/mol. The van der Waals surface area contributed by atoms with Crippen molar-refractivity contribution in [3.05, 3.63) is 17.0 Å². The van der Waals surface area contributed by atoms with Gasteiger partial charge in [-0.2, -0.15) is 5.10 Å². The van der Waals surface area contributed by atoms with Crippen molar-refractivity contribution in [2.24, 2.45) is 23.5 Å². The molecule has 5 nitrogen and oxygen atoms in total. The maximum Gasteiger partial charge on any atom is 0.220 e. The molecule has 1 saturated carbocycles. The van der Waals surface area contributed by atoms with Crippen LogP contribution in [0.4, 0.5) is 0 Å². The van der Waals surface area contributed by atoms with E-state index < -0.39 is 0 Å². The smallest absolute Gasteiger partial charge is 0.220 e. The number of aromatic nitrogens is 2. The Labute approximate surface area is 131 Å². The molecule has 0 radical (unpaired) electrons. The number of nitrogens with zero attached hydrogens (tertiary/aromatic N) is 1. The van der Waals surface area contributed by atoms with Crippen molar-refractivity contribution in [2.75, 3.05) is 6.54 Å². The summed E-state index contributed by atoms with van der Waals surface area (Å²) in [6, 6.07) is 0. The van der Waals surface area contributed by atoms with Gasteiger partial charge < -0.3 is 11.1 Å². The number of fused-ring (bicyclic) bond motifs is 1. The Morgan fingerprint density at radius 2 is 2.27 bits per heavy atom. The summed E-state index contributed by atoms with van der Waals surface area (Å²) in [4.78, 5) is 11.5. The molecule has 2 fully saturated rings. The number of nitrogens with two attached hydrogens (primary N) is 1. The van der Waals surface area contributed by atoms with Gasteiger partial charge in [0.05, 0.1) is 5.69 Å². The molecule has 4 N–H and O–H groups in total. The SMILES string of the molecule is Cc1n[nH]c2c1C[C@H](CC1CC13CC(C(N)=O)CCN3)CC2. The van der Waals surface area contributed by atoms with Crippen LogP contribution in [0, 0.1) is 24.7 Å². The van der Waals surface area contributed by atoms with Gasteiger partial charge in [-0.25, -0.2) is 0 Å². The Morgan fingerprint density at radius 1 is 1.41 bits per heavy atom. The van der Waals surface area contributed by atoms with Crippen LogP contribution in [0.25, 0.3) is 0 Å². The fourth-order valence-corrected chi connectivity index (χ4v) is 4.83. The largest absolute Gasteiger partial charge is 0.369 e. The van der Waals surface area contributed by atoms with Crippen molar-refractivity contribution in [1.82, 2.24) is 15.5 Å². The molecule has 0 bridgehead atoms. The topological polar surface area (TPSA) is 83.8 Å². The summed E-state index contributed by atoms with van der Waals surface area (Å²) < 4.78 is 0. The summed E-state index contributed by atoms with van der Waals surface area (Å²) in [5, 5.41) is 11.2. The summed E-state index contributed by atoms with van der Waals surface area (Å²) >= 11 is 0. The second-order valence-corrected chi connectivity index (χ2v) is 7.69. The molecule has 5 heteroatoms. The van der Waals surface area contributed by atoms with Gasteiger partial charge in [0, 0.05) is 17.2 Å². The lowest BCUT2D eigenvalue weighted by Crippen LogP contribution is -2.45. The van der Waals surface area contributed by atoms with Gasteiger partial charge in [0.15, 0.2) is 0 Å². The average molecular weight is 302 g/mol. The minimum Gasteiger partial charge on any atom is -0.369 e. The van der Waals surface area contributed by atoms with Crippen molar-refractivity contribution >= 4 is 5.91 Å². The third-order valence-corrected chi connectivity index (χ3v) is 6.29. The van der Waals surface area contributed by atoms with E-state index in [1.807, 2.05) is 0 Å². The van der Waals surface area contributed by atoms with E-state index in [9.17, 15) is 4.79 Å². The van der Waals surface area contributed by atoms with Gasteiger partial charge in [0.25, 0.3) is 0 Å². The third-order valence-electron chi connectivity index (χ3n) is 6.29. The number of carbonyl (C=O) groups excluding carboxylic acids is 1. The molecule has 1 aromatic heterocycles. The van der Waals surface area contributed by atoms with Gasteiger partial charge in [-0.1, -0.05) is 0 Å². The molecular formula is C17H26N4O. The van der Waals surface area contributed by atoms with E-state index >= 15 is 0 Å². The second-order valence-electron chi connectivity index (χ2n) is 7.69. The van der Waals surface area contributed by atoms with Crippen LogP contribution >= 0.6 is 0 Å². The number of hydrogen-bond acceptors (Lipinski definition) is 3. The van der Waals surface area contributed by atoms with Crippen LogP contribution < -0.4 is 11.1 Å². The normalized spacial score (nSPS) is 37.0. The lowest BCUT2D eigenvalue weighted by Gasteiger charge is -2.31. The van der Waals surface area contributed by atoms with E-state index in [0.717, 1.165) is 37.6 Å². The number of aromatic amines is 1. The van der Waals surface area contributed by atoms with Crippen molar-refractivity contribution in [3.63, 3.8) is 0 Å². The number of H-pyrrole nitrogens is 1. The maximum absolute atomic E-state index is 11.5. The second kappa shape index (κ2) is 5.08. The summed E-state index contributed by atoms with van der Waals surface area (Å²) in [5.74, 6) is 1.47. The zero-order valence-electron chi connectivity index (χ0n) is 13.3. The van der Waals surface area contributed by atoms with Crippen molar-refractivity contribution in [3.8, 4) is 0 Å². The fraction of sp³-hybridized carbons (Fsp3) is 0.765. The van der Waals surface area contributed by atoms with Crippen molar-refractivity contribution in [1.29, 1.82) is 0 Å². The van der Waals surface area contributed by atoms with Gasteiger partial charge in [-0.3, -0.25) is 9.89 Å². The highest BCUT2D eigenvalue weighted by Crippen LogP contribution is 2.54. The molecule has 2 heterocycles. The predicted molar refractivity (Wildman–Crippen MR) is 84.2 cm³/mol. The van der Waals surface area contributed by atoms with Crippen LogP contribution in [0.5, 0.6) is 0 Å². The summed E-state index contributed by atoms with van der Waals surface area (Å²) in [6.45, 7) is 3.05. The van der Waals surface area contributed by atoms with E-state index in [1.54, 1.807) is 0 Å². The standard InChI is InChI=1S/C17H26N4O/c1-10-14-7-11(2-3-15(14)21-20-10)6-13-9-17(13)8-12(16(18)22)4-5-19-17/h11-13,19H,2-9H2,1H3,(H2,18,22)(H,20,21)/t11-,12?,13?,17?/m0/s1. The molecule has 2 aliphatic carbocycles. The Balaban J connectivity index is 1.38. The highest BCUT2D eigenvalue weighted by molar-refractivity contribution is 5.77. The molecule has 1 saturated heterocycles. The molecule has 0 aromatic carbocycles. The highest BCUT2D eigenvalue weighted by atomic mass is 16.1. The molecule has 120 valence electrons. The molecule has 4 rings (SSSR count). The van der Waals surface area contributed by atoms with Crippen molar-refractivity contribution in [2.45, 2.75) is 57.4 Å². The monoisotopic (exact) mass is 302 g/mol. The number of amides is 1. The van der Waals surface area contributed by atoms with E-state index in [2.05, 4.69) is 22.4 Å². The first kappa shape index (κ1) is 14.2. The number of primary amides is 1. The number of rotatable bonds is 3. The molecule has 1 amide bonds. The minimum atomic E-state index is -0.108. The van der Waals surface area contributed by atoms with Crippen LogP contribution in [0.15, 0.2) is 0 Å². The van der Waals surface area contributed by atoms with Crippen molar-refractivity contribution < 1.29 is 4.79 Å². The first-order valence-corrected chi connectivity index (χ1v) is 8.64. The highest BCUT2D eigenvalue weighted by Gasteiger charge is 2.56. The zero-order valence-corrected chi connectivity index (χ0v) is 13.3. The van der Waals surface area contributed by atoms with Gasteiger partial charge in [0.1, 0.15) is 0 Å². The third kappa shape index (κ3) is 2.35. The fourth-order valence-electron chi connectivity index (χ4n) is 4.83. The van der Waals surface area contributed by atoms with Crippen LogP contribution in [-0.4, -0.2) is 28.2 Å². The number of nitrogens with one attached hydrogen (secondary N) is 2. The Hall–Kier alpha value is -1.36. The van der Waals surface area contributed by atoms with E-state index in [4.69, 9.17) is 5.73 Å². The summed E-state index contributed by atoms with van der Waals surface area (Å²) in [6.07, 6.45) is 7.94. The van der Waals surface area contributed by atoms with Crippen LogP contribution in [0.2, 0.25) is 0 Å². The number of carbonyl (C=O) groups is 1. The Morgan fingerprint density at radius 3 is 3.09 bits per heavy atom. The quantitative estimate of drug-likeness (QED) is 0.790. The van der Waals surface area contributed by atoms with Gasteiger partial charge in [-0.05, 0) is 75.8 Å². The average Bonchev–Trinajstić information content (AvgIpc) is 3.00. The predicted octanol–water partition coefficient (Wildman–Crippen LogP) is 1.46. The first-order valence-electron chi connectivity index (χ1n) is 8.64. The molecule has 3 unspecified atom stereocenters. The van der Waals surface area contributed by atoms with E-state index in [-0.39, 0.29) is 17.4 Å². The molecule has 3 aliphatic rings. The maximum atomic E-state index is 11.5. The van der Waals surface area contributed by atoms with Crippen LogP contribution in [0.3, 0.4) is 0 Å². The molecule has 22 heavy (non-hydrogen) atoms. The minimum absolute atomic E-state index is 0.0836. The molecule has 1 spiro atoms. The zero-order chi connectivity index (χ0) is 15.3. The number of aryl methyl sites for hydroxylation is 2. The first-order chi connectivity index (χ1) is 10.6. The lowest BCUT2D eigenvalue weighted by molar-refractivity contribution is -0.123. The van der Waals surface area contributed by atoms with Crippen LogP contribution in [0.1, 0.15) is 49.1 Å². The number of piperidine rings is 1. The number of hydrogen-bond donors (Lipinski definition) is 3. The van der Waals surface area contributed by atoms with Gasteiger partial charge in [-0.15, -0.1) is 0 Å². The summed E-state index contributed by atoms with van der Waals surface area (Å²) in [5.41, 5.74) is 9.74. The van der Waals surface area contributed by atoms with E-state index in [0.29, 0.717) is 0 Å². The van der Waals surface area contributed by atoms with Crippen LogP contribution in [-0.2, 0) is 17.6 Å². The summed E-state index contributed by atoms with van der Waals surface area (Å²) in [7, 11) is 0. The Kier molecular flexibility index (Phi) is 3.29. The van der Waals surface area contributed by atoms with Gasteiger partial charge >= 0.3 is 0 Å². The Bertz CT molecular complexity index is 595. The van der Waals surface area contributed by atoms with E-state index in [1.165, 1.54) is 42.6 Å². The molecule has 1 aromatic rings. The molecule has 4 atom stereocenters.